The minimum absolute atomic E-state index is 0.816. The van der Waals surface area contributed by atoms with Crippen LogP contribution in [-0.4, -0.2) is 26.3 Å². The standard InChI is InChI=1S/C21H18IN5/c1-13-3-2-4-18(25-13)21-20(19-12-23-7-8-27(19)26-21)14-5-6-17-15(9-14)10-16(22)11-24-17/h2-6,9-11,23H,7-8,12H2,1H3. The Morgan fingerprint density at radius 2 is 2.07 bits per heavy atom. The molecule has 0 spiro atoms. The zero-order valence-corrected chi connectivity index (χ0v) is 17.1. The number of nitrogens with zero attached hydrogens (tertiary/aromatic N) is 4. The van der Waals surface area contributed by atoms with Gasteiger partial charge in [0.1, 0.15) is 5.69 Å². The van der Waals surface area contributed by atoms with Gasteiger partial charge < -0.3 is 5.32 Å². The summed E-state index contributed by atoms with van der Waals surface area (Å²) in [4.78, 5) is 9.27. The van der Waals surface area contributed by atoms with Crippen LogP contribution in [0.4, 0.5) is 0 Å². The smallest absolute Gasteiger partial charge is 0.119 e. The molecule has 0 fully saturated rings. The average Bonchev–Trinajstić information content (AvgIpc) is 3.07. The SMILES string of the molecule is Cc1cccc(-c2nn3c(c2-c2ccc4ncc(I)cc4c2)CNCC3)n1. The monoisotopic (exact) mass is 467 g/mol. The summed E-state index contributed by atoms with van der Waals surface area (Å²) in [6, 6.07) is 14.7. The fraction of sp³-hybridized carbons (Fsp3) is 0.190. The molecule has 27 heavy (non-hydrogen) atoms. The first kappa shape index (κ1) is 16.8. The van der Waals surface area contributed by atoms with Gasteiger partial charge in [-0.2, -0.15) is 5.10 Å². The van der Waals surface area contributed by atoms with E-state index in [9.17, 15) is 0 Å². The van der Waals surface area contributed by atoms with Crippen molar-refractivity contribution >= 4 is 33.5 Å². The Labute approximate surface area is 171 Å². The third-order valence-corrected chi connectivity index (χ3v) is 5.51. The van der Waals surface area contributed by atoms with E-state index in [1.165, 1.54) is 11.3 Å². The fourth-order valence-corrected chi connectivity index (χ4v) is 4.15. The number of fused-ring (bicyclic) bond motifs is 2. The van der Waals surface area contributed by atoms with Crippen LogP contribution in [0.25, 0.3) is 33.4 Å². The lowest BCUT2D eigenvalue weighted by Gasteiger charge is -2.16. The van der Waals surface area contributed by atoms with E-state index in [0.29, 0.717) is 0 Å². The number of aryl methyl sites for hydroxylation is 1. The second-order valence-corrected chi connectivity index (χ2v) is 8.04. The van der Waals surface area contributed by atoms with E-state index in [0.717, 1.165) is 56.8 Å². The molecule has 0 atom stereocenters. The van der Waals surface area contributed by atoms with Crippen LogP contribution in [0.1, 0.15) is 11.4 Å². The Hall–Kier alpha value is -2.32. The summed E-state index contributed by atoms with van der Waals surface area (Å²) in [7, 11) is 0. The Balaban J connectivity index is 1.76. The third kappa shape index (κ3) is 3.02. The highest BCUT2D eigenvalue weighted by Crippen LogP contribution is 2.36. The summed E-state index contributed by atoms with van der Waals surface area (Å²) in [5.41, 5.74) is 7.43. The van der Waals surface area contributed by atoms with Crippen molar-refractivity contribution in [2.24, 2.45) is 0 Å². The summed E-state index contributed by atoms with van der Waals surface area (Å²) in [6.07, 6.45) is 1.90. The molecule has 0 bridgehead atoms. The number of aromatic nitrogens is 4. The zero-order chi connectivity index (χ0) is 18.4. The van der Waals surface area contributed by atoms with Crippen molar-refractivity contribution in [1.82, 2.24) is 25.1 Å². The molecular weight excluding hydrogens is 449 g/mol. The average molecular weight is 467 g/mol. The summed E-state index contributed by atoms with van der Waals surface area (Å²) in [5.74, 6) is 0. The summed E-state index contributed by atoms with van der Waals surface area (Å²) in [5, 5.41) is 9.56. The zero-order valence-electron chi connectivity index (χ0n) is 14.9. The van der Waals surface area contributed by atoms with Gasteiger partial charge in [-0.3, -0.25) is 14.6 Å². The highest BCUT2D eigenvalue weighted by molar-refractivity contribution is 14.1. The fourth-order valence-electron chi connectivity index (χ4n) is 3.67. The molecular formula is C21H18IN5. The van der Waals surface area contributed by atoms with Crippen LogP contribution in [0.15, 0.2) is 48.7 Å². The highest BCUT2D eigenvalue weighted by Gasteiger charge is 2.23. The topological polar surface area (TPSA) is 55.6 Å². The maximum atomic E-state index is 4.93. The molecule has 0 saturated carbocycles. The lowest BCUT2D eigenvalue weighted by atomic mass is 9.98. The van der Waals surface area contributed by atoms with E-state index < -0.39 is 0 Å². The van der Waals surface area contributed by atoms with Crippen LogP contribution in [0.3, 0.4) is 0 Å². The van der Waals surface area contributed by atoms with Crippen molar-refractivity contribution in [3.05, 3.63) is 63.6 Å². The van der Waals surface area contributed by atoms with Crippen LogP contribution < -0.4 is 5.32 Å². The molecule has 0 radical (unpaired) electrons. The molecule has 6 heteroatoms. The lowest BCUT2D eigenvalue weighted by molar-refractivity contribution is 0.477. The van der Waals surface area contributed by atoms with Crippen molar-refractivity contribution in [2.45, 2.75) is 20.0 Å². The number of pyridine rings is 2. The normalized spacial score (nSPS) is 13.7. The van der Waals surface area contributed by atoms with Gasteiger partial charge in [0.2, 0.25) is 0 Å². The lowest BCUT2D eigenvalue weighted by Crippen LogP contribution is -2.28. The molecule has 5 nitrogen and oxygen atoms in total. The minimum atomic E-state index is 0.816. The van der Waals surface area contributed by atoms with Gasteiger partial charge in [-0.1, -0.05) is 12.1 Å². The van der Waals surface area contributed by atoms with Crippen LogP contribution in [0, 0.1) is 10.5 Å². The Morgan fingerprint density at radius 1 is 1.15 bits per heavy atom. The van der Waals surface area contributed by atoms with E-state index in [4.69, 9.17) is 10.1 Å². The number of benzene rings is 1. The van der Waals surface area contributed by atoms with Gasteiger partial charge >= 0.3 is 0 Å². The molecule has 1 aliphatic rings. The molecule has 1 aromatic carbocycles. The Bertz CT molecular complexity index is 1160. The molecule has 0 saturated heterocycles. The van der Waals surface area contributed by atoms with Gasteiger partial charge in [-0.05, 0) is 65.4 Å². The molecule has 5 rings (SSSR count). The Morgan fingerprint density at radius 3 is 2.96 bits per heavy atom. The summed E-state index contributed by atoms with van der Waals surface area (Å²) >= 11 is 2.31. The largest absolute Gasteiger partial charge is 0.309 e. The predicted octanol–water partition coefficient (Wildman–Crippen LogP) is 4.18. The third-order valence-electron chi connectivity index (χ3n) is 4.92. The molecule has 1 N–H and O–H groups in total. The molecule has 0 aliphatic carbocycles. The number of nitrogens with one attached hydrogen (secondary N) is 1. The van der Waals surface area contributed by atoms with E-state index in [1.807, 2.05) is 31.3 Å². The van der Waals surface area contributed by atoms with Gasteiger partial charge in [-0.15, -0.1) is 0 Å². The number of hydrogen-bond acceptors (Lipinski definition) is 4. The number of halogens is 1. The van der Waals surface area contributed by atoms with Crippen molar-refractivity contribution in [2.75, 3.05) is 6.54 Å². The highest BCUT2D eigenvalue weighted by atomic mass is 127. The summed E-state index contributed by atoms with van der Waals surface area (Å²) in [6.45, 7) is 4.65. The molecule has 0 amide bonds. The van der Waals surface area contributed by atoms with E-state index in [1.54, 1.807) is 0 Å². The van der Waals surface area contributed by atoms with Gasteiger partial charge in [0.15, 0.2) is 0 Å². The molecule has 0 unspecified atom stereocenters. The van der Waals surface area contributed by atoms with Crippen LogP contribution in [0.5, 0.6) is 0 Å². The van der Waals surface area contributed by atoms with Crippen molar-refractivity contribution in [1.29, 1.82) is 0 Å². The number of rotatable bonds is 2. The van der Waals surface area contributed by atoms with Crippen LogP contribution in [0.2, 0.25) is 0 Å². The minimum Gasteiger partial charge on any atom is -0.309 e. The first-order valence-electron chi connectivity index (χ1n) is 8.99. The van der Waals surface area contributed by atoms with Crippen LogP contribution in [-0.2, 0) is 13.1 Å². The van der Waals surface area contributed by atoms with Gasteiger partial charge in [0.05, 0.1) is 23.4 Å². The van der Waals surface area contributed by atoms with Gasteiger partial charge in [0.25, 0.3) is 0 Å². The van der Waals surface area contributed by atoms with Crippen molar-refractivity contribution in [3.8, 4) is 22.5 Å². The molecule has 4 aromatic rings. The van der Waals surface area contributed by atoms with E-state index in [2.05, 4.69) is 61.8 Å². The Kier molecular flexibility index (Phi) is 4.17. The van der Waals surface area contributed by atoms with E-state index >= 15 is 0 Å². The first-order chi connectivity index (χ1) is 13.2. The molecule has 3 aromatic heterocycles. The number of hydrogen-bond donors (Lipinski definition) is 1. The predicted molar refractivity (Wildman–Crippen MR) is 115 cm³/mol. The van der Waals surface area contributed by atoms with Crippen LogP contribution >= 0.6 is 22.6 Å². The molecule has 4 heterocycles. The van der Waals surface area contributed by atoms with E-state index in [-0.39, 0.29) is 0 Å². The maximum Gasteiger partial charge on any atom is 0.119 e. The van der Waals surface area contributed by atoms with Crippen molar-refractivity contribution < 1.29 is 0 Å². The van der Waals surface area contributed by atoms with Gasteiger partial charge in [0, 0.05) is 39.5 Å². The second kappa shape index (κ2) is 6.69. The molecule has 134 valence electrons. The molecule has 1 aliphatic heterocycles. The van der Waals surface area contributed by atoms with Crippen molar-refractivity contribution in [3.63, 3.8) is 0 Å². The quantitative estimate of drug-likeness (QED) is 0.450. The summed E-state index contributed by atoms with van der Waals surface area (Å²) < 4.78 is 3.26. The van der Waals surface area contributed by atoms with Gasteiger partial charge in [-0.25, -0.2) is 0 Å². The first-order valence-corrected chi connectivity index (χ1v) is 10.1. The maximum absolute atomic E-state index is 4.93. The second-order valence-electron chi connectivity index (χ2n) is 6.80.